The highest BCUT2D eigenvalue weighted by Gasteiger charge is 2.11. The van der Waals surface area contributed by atoms with Crippen LogP contribution in [0.25, 0.3) is 0 Å². The van der Waals surface area contributed by atoms with Crippen LogP contribution in [0.5, 0.6) is 0 Å². The lowest BCUT2D eigenvalue weighted by atomic mass is 10.2. The maximum absolute atomic E-state index is 9.16. The Bertz CT molecular complexity index is 93.6. The van der Waals surface area contributed by atoms with Crippen molar-refractivity contribution in [3.8, 4) is 0 Å². The normalized spacial score (nSPS) is 16.9. The first-order valence-corrected chi connectivity index (χ1v) is 4.53. The molecule has 1 N–H and O–H groups in total. The standard InChI is InChI=1S/C9H21NO/c1-5-8(3)10(6-2)7-9(4)11/h8-9,11H,5-7H2,1-4H3. The minimum Gasteiger partial charge on any atom is -0.392 e. The van der Waals surface area contributed by atoms with Gasteiger partial charge in [-0.2, -0.15) is 0 Å². The summed E-state index contributed by atoms with van der Waals surface area (Å²) in [5.74, 6) is 0. The molecule has 0 aliphatic heterocycles. The average molecular weight is 159 g/mol. The van der Waals surface area contributed by atoms with Crippen molar-refractivity contribution in [1.29, 1.82) is 0 Å². The molecule has 68 valence electrons. The molecular formula is C9H21NO. The van der Waals surface area contributed by atoms with E-state index in [1.165, 1.54) is 0 Å². The Morgan fingerprint density at radius 2 is 1.82 bits per heavy atom. The van der Waals surface area contributed by atoms with Gasteiger partial charge in [0.1, 0.15) is 0 Å². The molecular weight excluding hydrogens is 138 g/mol. The molecule has 0 saturated heterocycles. The van der Waals surface area contributed by atoms with Crippen LogP contribution in [-0.4, -0.2) is 35.2 Å². The van der Waals surface area contributed by atoms with Crippen molar-refractivity contribution < 1.29 is 5.11 Å². The second kappa shape index (κ2) is 5.56. The molecule has 0 spiro atoms. The molecule has 0 aromatic rings. The molecule has 0 heterocycles. The van der Waals surface area contributed by atoms with Crippen molar-refractivity contribution in [2.75, 3.05) is 13.1 Å². The van der Waals surface area contributed by atoms with Crippen LogP contribution < -0.4 is 0 Å². The number of likely N-dealkylation sites (N-methyl/N-ethyl adjacent to an activating group) is 1. The SMILES string of the molecule is CCC(C)N(CC)CC(C)O. The molecule has 0 radical (unpaired) electrons. The van der Waals surface area contributed by atoms with E-state index in [0.717, 1.165) is 19.5 Å². The van der Waals surface area contributed by atoms with Crippen LogP contribution in [0.15, 0.2) is 0 Å². The third-order valence-electron chi connectivity index (χ3n) is 2.12. The maximum atomic E-state index is 9.16. The van der Waals surface area contributed by atoms with Crippen LogP contribution in [-0.2, 0) is 0 Å². The molecule has 0 rings (SSSR count). The molecule has 2 nitrogen and oxygen atoms in total. The van der Waals surface area contributed by atoms with Crippen LogP contribution >= 0.6 is 0 Å². The monoisotopic (exact) mass is 159 g/mol. The minimum atomic E-state index is -0.205. The van der Waals surface area contributed by atoms with Gasteiger partial charge in [0.15, 0.2) is 0 Å². The zero-order valence-electron chi connectivity index (χ0n) is 8.17. The van der Waals surface area contributed by atoms with Gasteiger partial charge in [0.25, 0.3) is 0 Å². The zero-order chi connectivity index (χ0) is 8.85. The summed E-state index contributed by atoms with van der Waals surface area (Å²) in [5.41, 5.74) is 0. The van der Waals surface area contributed by atoms with Gasteiger partial charge in [0, 0.05) is 12.6 Å². The highest BCUT2D eigenvalue weighted by Crippen LogP contribution is 2.03. The number of hydrogen-bond acceptors (Lipinski definition) is 2. The zero-order valence-corrected chi connectivity index (χ0v) is 8.17. The Hall–Kier alpha value is -0.0800. The Morgan fingerprint density at radius 3 is 2.09 bits per heavy atom. The van der Waals surface area contributed by atoms with E-state index in [2.05, 4.69) is 25.7 Å². The lowest BCUT2D eigenvalue weighted by Gasteiger charge is -2.27. The largest absolute Gasteiger partial charge is 0.392 e. The Balaban J connectivity index is 3.74. The summed E-state index contributed by atoms with van der Waals surface area (Å²) in [6.45, 7) is 10.2. The molecule has 2 heteroatoms. The van der Waals surface area contributed by atoms with E-state index in [1.54, 1.807) is 0 Å². The number of hydrogen-bond donors (Lipinski definition) is 1. The summed E-state index contributed by atoms with van der Waals surface area (Å²) in [6.07, 6.45) is 0.949. The maximum Gasteiger partial charge on any atom is 0.0639 e. The van der Waals surface area contributed by atoms with E-state index < -0.39 is 0 Å². The summed E-state index contributed by atoms with van der Waals surface area (Å²) in [7, 11) is 0. The molecule has 2 unspecified atom stereocenters. The molecule has 0 aliphatic rings. The number of rotatable bonds is 5. The van der Waals surface area contributed by atoms with Gasteiger partial charge in [-0.25, -0.2) is 0 Å². The van der Waals surface area contributed by atoms with Crippen LogP contribution in [0, 0.1) is 0 Å². The second-order valence-electron chi connectivity index (χ2n) is 3.19. The van der Waals surface area contributed by atoms with Gasteiger partial charge in [-0.15, -0.1) is 0 Å². The third-order valence-corrected chi connectivity index (χ3v) is 2.12. The van der Waals surface area contributed by atoms with Gasteiger partial charge in [0.05, 0.1) is 6.10 Å². The number of nitrogens with zero attached hydrogens (tertiary/aromatic N) is 1. The van der Waals surface area contributed by atoms with Gasteiger partial charge < -0.3 is 5.11 Å². The van der Waals surface area contributed by atoms with E-state index in [9.17, 15) is 0 Å². The first-order chi connectivity index (χ1) is 5.11. The fourth-order valence-electron chi connectivity index (χ4n) is 1.22. The molecule has 0 aromatic heterocycles. The molecule has 2 atom stereocenters. The predicted octanol–water partition coefficient (Wildman–Crippen LogP) is 1.49. The molecule has 0 bridgehead atoms. The van der Waals surface area contributed by atoms with Gasteiger partial charge in [0.2, 0.25) is 0 Å². The van der Waals surface area contributed by atoms with Gasteiger partial charge >= 0.3 is 0 Å². The smallest absolute Gasteiger partial charge is 0.0639 e. The van der Waals surface area contributed by atoms with Gasteiger partial charge in [-0.3, -0.25) is 4.90 Å². The first-order valence-electron chi connectivity index (χ1n) is 4.53. The molecule has 0 saturated carbocycles. The topological polar surface area (TPSA) is 23.5 Å². The summed E-state index contributed by atoms with van der Waals surface area (Å²) in [6, 6.07) is 0.592. The van der Waals surface area contributed by atoms with Crippen LogP contribution in [0.1, 0.15) is 34.1 Å². The van der Waals surface area contributed by atoms with E-state index >= 15 is 0 Å². The molecule has 0 aromatic carbocycles. The lowest BCUT2D eigenvalue weighted by molar-refractivity contribution is 0.105. The Morgan fingerprint density at radius 1 is 1.27 bits per heavy atom. The molecule has 0 fully saturated rings. The van der Waals surface area contributed by atoms with Crippen molar-refractivity contribution in [3.05, 3.63) is 0 Å². The fourth-order valence-corrected chi connectivity index (χ4v) is 1.22. The fraction of sp³-hybridized carbons (Fsp3) is 1.00. The van der Waals surface area contributed by atoms with Crippen molar-refractivity contribution in [1.82, 2.24) is 4.90 Å². The van der Waals surface area contributed by atoms with Crippen LogP contribution in [0.3, 0.4) is 0 Å². The third kappa shape index (κ3) is 4.38. The van der Waals surface area contributed by atoms with Crippen molar-refractivity contribution in [3.63, 3.8) is 0 Å². The van der Waals surface area contributed by atoms with Gasteiger partial charge in [-0.1, -0.05) is 13.8 Å². The minimum absolute atomic E-state index is 0.205. The van der Waals surface area contributed by atoms with Crippen LogP contribution in [0.4, 0.5) is 0 Å². The number of aliphatic hydroxyl groups excluding tert-OH is 1. The lowest BCUT2D eigenvalue weighted by Crippen LogP contribution is -2.37. The Labute approximate surface area is 70.2 Å². The van der Waals surface area contributed by atoms with E-state index in [1.807, 2.05) is 6.92 Å². The van der Waals surface area contributed by atoms with Crippen molar-refractivity contribution in [2.24, 2.45) is 0 Å². The summed E-state index contributed by atoms with van der Waals surface area (Å²) >= 11 is 0. The summed E-state index contributed by atoms with van der Waals surface area (Å²) in [5, 5.41) is 9.16. The van der Waals surface area contributed by atoms with Crippen LogP contribution in [0.2, 0.25) is 0 Å². The Kier molecular flexibility index (Phi) is 5.51. The second-order valence-corrected chi connectivity index (χ2v) is 3.19. The van der Waals surface area contributed by atoms with Gasteiger partial charge in [-0.05, 0) is 26.8 Å². The average Bonchev–Trinajstić information content (AvgIpc) is 1.98. The molecule has 11 heavy (non-hydrogen) atoms. The van der Waals surface area contributed by atoms with Crippen molar-refractivity contribution in [2.45, 2.75) is 46.3 Å². The first kappa shape index (κ1) is 10.9. The van der Waals surface area contributed by atoms with E-state index in [-0.39, 0.29) is 6.10 Å². The molecule has 0 aliphatic carbocycles. The highest BCUT2D eigenvalue weighted by molar-refractivity contribution is 4.66. The number of aliphatic hydroxyl groups is 1. The summed E-state index contributed by atoms with van der Waals surface area (Å²) in [4.78, 5) is 2.30. The highest BCUT2D eigenvalue weighted by atomic mass is 16.3. The van der Waals surface area contributed by atoms with Crippen molar-refractivity contribution >= 4 is 0 Å². The van der Waals surface area contributed by atoms with E-state index in [4.69, 9.17) is 5.11 Å². The quantitative estimate of drug-likeness (QED) is 0.657. The van der Waals surface area contributed by atoms with E-state index in [0.29, 0.717) is 6.04 Å². The molecule has 0 amide bonds. The predicted molar refractivity (Wildman–Crippen MR) is 48.7 cm³/mol. The summed E-state index contributed by atoms with van der Waals surface area (Å²) < 4.78 is 0.